The van der Waals surface area contributed by atoms with Crippen molar-refractivity contribution in [3.05, 3.63) is 65.7 Å². The lowest BCUT2D eigenvalue weighted by Gasteiger charge is -2.17. The smallest absolute Gasteiger partial charge is 0.253 e. The molecule has 2 heterocycles. The third-order valence-electron chi connectivity index (χ3n) is 5.49. The molecule has 1 N–H and O–H groups in total. The van der Waals surface area contributed by atoms with Gasteiger partial charge in [-0.05, 0) is 54.8 Å². The van der Waals surface area contributed by atoms with Crippen molar-refractivity contribution in [2.45, 2.75) is 19.4 Å². The molecule has 1 spiro atoms. The number of carbonyl (C=O) groups is 2. The van der Waals surface area contributed by atoms with E-state index in [1.54, 1.807) is 17.3 Å². The standard InChI is InChI=1S/C20H20FN3O2/c21-16-3-1-15(2-4-16)19(26)24-10-7-20(13-24)11-17(20)18(25)23-12-14-5-8-22-9-6-14/h1-6,8-9,17H,7,10-13H2,(H,23,25)/t17-,20-/m1/s1. The minimum Gasteiger partial charge on any atom is -0.352 e. The zero-order valence-corrected chi connectivity index (χ0v) is 14.3. The molecule has 1 aromatic carbocycles. The molecule has 6 heteroatoms. The van der Waals surface area contributed by atoms with Gasteiger partial charge >= 0.3 is 0 Å². The first kappa shape index (κ1) is 16.7. The largest absolute Gasteiger partial charge is 0.352 e. The second-order valence-electron chi connectivity index (χ2n) is 7.18. The van der Waals surface area contributed by atoms with E-state index in [1.165, 1.54) is 24.3 Å². The summed E-state index contributed by atoms with van der Waals surface area (Å²) in [5.41, 5.74) is 1.42. The highest BCUT2D eigenvalue weighted by Gasteiger charge is 2.61. The van der Waals surface area contributed by atoms with Gasteiger partial charge in [-0.15, -0.1) is 0 Å². The first-order valence-electron chi connectivity index (χ1n) is 8.79. The number of pyridine rings is 1. The Balaban J connectivity index is 1.33. The van der Waals surface area contributed by atoms with Crippen LogP contribution in [0.4, 0.5) is 4.39 Å². The van der Waals surface area contributed by atoms with E-state index in [0.717, 1.165) is 18.4 Å². The number of likely N-dealkylation sites (tertiary alicyclic amines) is 1. The van der Waals surface area contributed by atoms with Crippen LogP contribution in [0.5, 0.6) is 0 Å². The molecule has 2 fully saturated rings. The third-order valence-corrected chi connectivity index (χ3v) is 5.49. The van der Waals surface area contributed by atoms with E-state index in [1.807, 2.05) is 12.1 Å². The molecule has 26 heavy (non-hydrogen) atoms. The average molecular weight is 353 g/mol. The van der Waals surface area contributed by atoms with E-state index in [0.29, 0.717) is 25.2 Å². The zero-order chi connectivity index (χ0) is 18.1. The molecular formula is C20H20FN3O2. The van der Waals surface area contributed by atoms with Crippen molar-refractivity contribution >= 4 is 11.8 Å². The number of hydrogen-bond donors (Lipinski definition) is 1. The molecule has 134 valence electrons. The van der Waals surface area contributed by atoms with Gasteiger partial charge in [0.2, 0.25) is 5.91 Å². The lowest BCUT2D eigenvalue weighted by molar-refractivity contribution is -0.123. The van der Waals surface area contributed by atoms with E-state index >= 15 is 0 Å². The topological polar surface area (TPSA) is 62.3 Å². The maximum atomic E-state index is 13.0. The number of halogens is 1. The van der Waals surface area contributed by atoms with Crippen LogP contribution in [0.25, 0.3) is 0 Å². The number of hydrogen-bond acceptors (Lipinski definition) is 3. The minimum atomic E-state index is -0.354. The minimum absolute atomic E-state index is 0.0321. The fourth-order valence-electron chi connectivity index (χ4n) is 3.83. The highest BCUT2D eigenvalue weighted by molar-refractivity contribution is 5.94. The van der Waals surface area contributed by atoms with Gasteiger partial charge in [0.1, 0.15) is 5.82 Å². The van der Waals surface area contributed by atoms with E-state index < -0.39 is 0 Å². The molecule has 0 radical (unpaired) electrons. The van der Waals surface area contributed by atoms with Gasteiger partial charge in [0, 0.05) is 48.9 Å². The summed E-state index contributed by atoms with van der Waals surface area (Å²) in [6.07, 6.45) is 5.07. The van der Waals surface area contributed by atoms with Crippen molar-refractivity contribution in [2.24, 2.45) is 11.3 Å². The number of nitrogens with zero attached hydrogens (tertiary/aromatic N) is 2. The van der Waals surface area contributed by atoms with Crippen molar-refractivity contribution in [2.75, 3.05) is 13.1 Å². The Kier molecular flexibility index (Phi) is 4.18. The van der Waals surface area contributed by atoms with Crippen LogP contribution in [0, 0.1) is 17.2 Å². The number of nitrogens with one attached hydrogen (secondary N) is 1. The molecule has 1 aliphatic heterocycles. The number of benzene rings is 1. The second-order valence-corrected chi connectivity index (χ2v) is 7.18. The van der Waals surface area contributed by atoms with Crippen LogP contribution >= 0.6 is 0 Å². The molecule has 1 aromatic heterocycles. The van der Waals surface area contributed by atoms with Crippen LogP contribution < -0.4 is 5.32 Å². The zero-order valence-electron chi connectivity index (χ0n) is 14.3. The Morgan fingerprint density at radius 2 is 1.92 bits per heavy atom. The van der Waals surface area contributed by atoms with Crippen LogP contribution in [-0.4, -0.2) is 34.8 Å². The normalized spacial score (nSPS) is 23.9. The van der Waals surface area contributed by atoms with Gasteiger partial charge in [0.25, 0.3) is 5.91 Å². The fraction of sp³-hybridized carbons (Fsp3) is 0.350. The van der Waals surface area contributed by atoms with Gasteiger partial charge in [-0.25, -0.2) is 4.39 Å². The van der Waals surface area contributed by atoms with Crippen molar-refractivity contribution in [3.8, 4) is 0 Å². The van der Waals surface area contributed by atoms with Crippen LogP contribution in [0.2, 0.25) is 0 Å². The molecule has 2 atom stereocenters. The maximum absolute atomic E-state index is 13.0. The van der Waals surface area contributed by atoms with Gasteiger partial charge in [0.15, 0.2) is 0 Å². The highest BCUT2D eigenvalue weighted by Crippen LogP contribution is 2.58. The summed E-state index contributed by atoms with van der Waals surface area (Å²) in [4.78, 5) is 30.8. The Labute approximate surface area is 151 Å². The van der Waals surface area contributed by atoms with Gasteiger partial charge in [-0.1, -0.05) is 0 Å². The summed E-state index contributed by atoms with van der Waals surface area (Å²) >= 11 is 0. The lowest BCUT2D eigenvalue weighted by Crippen LogP contribution is -2.31. The van der Waals surface area contributed by atoms with Gasteiger partial charge in [-0.3, -0.25) is 14.6 Å². The van der Waals surface area contributed by atoms with Crippen molar-refractivity contribution in [1.29, 1.82) is 0 Å². The number of aromatic nitrogens is 1. The van der Waals surface area contributed by atoms with Gasteiger partial charge in [-0.2, -0.15) is 0 Å². The lowest BCUT2D eigenvalue weighted by atomic mass is 10.0. The number of carbonyl (C=O) groups excluding carboxylic acids is 2. The van der Waals surface area contributed by atoms with Crippen LogP contribution in [-0.2, 0) is 11.3 Å². The molecular weight excluding hydrogens is 333 g/mol. The molecule has 2 aromatic rings. The third kappa shape index (κ3) is 3.19. The van der Waals surface area contributed by atoms with E-state index in [4.69, 9.17) is 0 Å². The van der Waals surface area contributed by atoms with Crippen LogP contribution in [0.3, 0.4) is 0 Å². The second kappa shape index (κ2) is 6.52. The van der Waals surface area contributed by atoms with E-state index in [-0.39, 0.29) is 29.0 Å². The number of amides is 2. The predicted octanol–water partition coefficient (Wildman–Crippen LogP) is 2.39. The monoisotopic (exact) mass is 353 g/mol. The summed E-state index contributed by atoms with van der Waals surface area (Å²) in [6.45, 7) is 1.73. The summed E-state index contributed by atoms with van der Waals surface area (Å²) in [7, 11) is 0. The van der Waals surface area contributed by atoms with E-state index in [9.17, 15) is 14.0 Å². The Morgan fingerprint density at radius 3 is 2.65 bits per heavy atom. The molecule has 1 saturated carbocycles. The molecule has 0 unspecified atom stereocenters. The first-order valence-corrected chi connectivity index (χ1v) is 8.79. The van der Waals surface area contributed by atoms with Crippen LogP contribution in [0.1, 0.15) is 28.8 Å². The summed E-state index contributed by atoms with van der Waals surface area (Å²) < 4.78 is 13.0. The molecule has 2 aliphatic rings. The fourth-order valence-corrected chi connectivity index (χ4v) is 3.83. The van der Waals surface area contributed by atoms with E-state index in [2.05, 4.69) is 10.3 Å². The van der Waals surface area contributed by atoms with Crippen LogP contribution in [0.15, 0.2) is 48.8 Å². The summed E-state index contributed by atoms with van der Waals surface area (Å²) in [5.74, 6) is -0.425. The van der Waals surface area contributed by atoms with Crippen molar-refractivity contribution in [3.63, 3.8) is 0 Å². The highest BCUT2D eigenvalue weighted by atomic mass is 19.1. The Hall–Kier alpha value is -2.76. The molecule has 2 amide bonds. The quantitative estimate of drug-likeness (QED) is 0.918. The molecule has 4 rings (SSSR count). The van der Waals surface area contributed by atoms with Gasteiger partial charge < -0.3 is 10.2 Å². The van der Waals surface area contributed by atoms with Crippen molar-refractivity contribution in [1.82, 2.24) is 15.2 Å². The predicted molar refractivity (Wildman–Crippen MR) is 93.5 cm³/mol. The number of rotatable bonds is 4. The average Bonchev–Trinajstić information content (AvgIpc) is 3.20. The SMILES string of the molecule is O=C(NCc1ccncc1)[C@H]1C[C@@]12CCN(C(=O)c1ccc(F)cc1)C2. The molecule has 0 bridgehead atoms. The van der Waals surface area contributed by atoms with Gasteiger partial charge in [0.05, 0.1) is 0 Å². The molecule has 1 aliphatic carbocycles. The molecule has 5 nitrogen and oxygen atoms in total. The molecule has 1 saturated heterocycles. The van der Waals surface area contributed by atoms with Crippen molar-refractivity contribution < 1.29 is 14.0 Å². The summed E-state index contributed by atoms with van der Waals surface area (Å²) in [5, 5.41) is 2.98. The maximum Gasteiger partial charge on any atom is 0.253 e. The summed E-state index contributed by atoms with van der Waals surface area (Å²) in [6, 6.07) is 9.36. The Bertz CT molecular complexity index is 825. The Morgan fingerprint density at radius 1 is 1.19 bits per heavy atom. The first-order chi connectivity index (χ1) is 12.6.